The molecule has 0 aliphatic heterocycles. The predicted molar refractivity (Wildman–Crippen MR) is 86.5 cm³/mol. The zero-order valence-electron chi connectivity index (χ0n) is 14.7. The summed E-state index contributed by atoms with van der Waals surface area (Å²) in [6.45, 7) is 2.47. The molecule has 140 valence electrons. The van der Waals surface area contributed by atoms with Crippen LogP contribution in [0.25, 0.3) is 0 Å². The van der Waals surface area contributed by atoms with Crippen LogP contribution < -0.4 is 14.8 Å². The van der Waals surface area contributed by atoms with Crippen LogP contribution in [0.3, 0.4) is 0 Å². The van der Waals surface area contributed by atoms with Crippen LogP contribution in [0.5, 0.6) is 11.5 Å². The molecule has 0 heterocycles. The van der Waals surface area contributed by atoms with E-state index in [0.717, 1.165) is 0 Å². The van der Waals surface area contributed by atoms with Crippen molar-refractivity contribution in [3.63, 3.8) is 0 Å². The van der Waals surface area contributed by atoms with Crippen molar-refractivity contribution in [3.05, 3.63) is 23.8 Å². The summed E-state index contributed by atoms with van der Waals surface area (Å²) in [7, 11) is 1.32. The van der Waals surface area contributed by atoms with E-state index in [1.54, 1.807) is 0 Å². The van der Waals surface area contributed by atoms with Gasteiger partial charge in [-0.25, -0.2) is 0 Å². The van der Waals surface area contributed by atoms with Crippen molar-refractivity contribution in [1.29, 1.82) is 0 Å². The highest BCUT2D eigenvalue weighted by Crippen LogP contribution is 2.29. The third-order valence-corrected chi connectivity index (χ3v) is 2.97. The zero-order valence-corrected chi connectivity index (χ0v) is 14.7. The maximum atomic E-state index is 12.3. The Morgan fingerprint density at radius 3 is 2.44 bits per heavy atom. The standard InChI is InChI=1S/C17H23F2NO5/c1-17(2,3)8-15(22)24-10-14(21)20-9-11-5-6-12(25-16(18)19)13(7-11)23-4/h5-7,16H,8-10H2,1-4H3,(H,20,21). The maximum Gasteiger partial charge on any atom is 0.387 e. The normalized spacial score (nSPS) is 11.2. The summed E-state index contributed by atoms with van der Waals surface area (Å²) < 4.78 is 38.7. The lowest BCUT2D eigenvalue weighted by atomic mass is 9.93. The predicted octanol–water partition coefficient (Wildman–Crippen LogP) is 2.89. The van der Waals surface area contributed by atoms with Crippen molar-refractivity contribution in [1.82, 2.24) is 5.32 Å². The van der Waals surface area contributed by atoms with Gasteiger partial charge in [0.15, 0.2) is 18.1 Å². The first-order valence-corrected chi connectivity index (χ1v) is 7.65. The van der Waals surface area contributed by atoms with Crippen LogP contribution in [0.2, 0.25) is 0 Å². The minimum Gasteiger partial charge on any atom is -0.493 e. The molecule has 0 saturated heterocycles. The number of halogens is 2. The number of ether oxygens (including phenoxy) is 3. The molecule has 1 rings (SSSR count). The maximum absolute atomic E-state index is 12.3. The zero-order chi connectivity index (χ0) is 19.0. The molecular weight excluding hydrogens is 336 g/mol. The summed E-state index contributed by atoms with van der Waals surface area (Å²) in [6.07, 6.45) is 0.211. The summed E-state index contributed by atoms with van der Waals surface area (Å²) in [5.74, 6) is -0.876. The molecule has 0 radical (unpaired) electrons. The Morgan fingerprint density at radius 2 is 1.88 bits per heavy atom. The molecule has 0 aliphatic carbocycles. The molecule has 8 heteroatoms. The lowest BCUT2D eigenvalue weighted by Gasteiger charge is -2.16. The van der Waals surface area contributed by atoms with E-state index in [1.807, 2.05) is 20.8 Å². The highest BCUT2D eigenvalue weighted by atomic mass is 19.3. The van der Waals surface area contributed by atoms with Crippen molar-refractivity contribution < 1.29 is 32.6 Å². The lowest BCUT2D eigenvalue weighted by Crippen LogP contribution is -2.29. The quantitative estimate of drug-likeness (QED) is 0.723. The fourth-order valence-corrected chi connectivity index (χ4v) is 1.90. The first-order chi connectivity index (χ1) is 11.6. The molecule has 1 N–H and O–H groups in total. The molecule has 6 nitrogen and oxygen atoms in total. The molecule has 0 bridgehead atoms. The van der Waals surface area contributed by atoms with Gasteiger partial charge in [0.05, 0.1) is 13.5 Å². The molecule has 0 aromatic heterocycles. The van der Waals surface area contributed by atoms with Gasteiger partial charge in [-0.1, -0.05) is 26.8 Å². The van der Waals surface area contributed by atoms with Crippen molar-refractivity contribution in [3.8, 4) is 11.5 Å². The summed E-state index contributed by atoms with van der Waals surface area (Å²) in [5.41, 5.74) is 0.402. The second kappa shape index (κ2) is 9.19. The minimum atomic E-state index is -2.96. The molecule has 0 atom stereocenters. The summed E-state index contributed by atoms with van der Waals surface area (Å²) in [5, 5.41) is 2.57. The fourth-order valence-electron chi connectivity index (χ4n) is 1.90. The van der Waals surface area contributed by atoms with Crippen molar-refractivity contribution in [2.24, 2.45) is 5.41 Å². The summed E-state index contributed by atoms with van der Waals surface area (Å²) in [6, 6.07) is 4.32. The Kier molecular flexibility index (Phi) is 7.60. The van der Waals surface area contributed by atoms with E-state index in [1.165, 1.54) is 25.3 Å². The average Bonchev–Trinajstić information content (AvgIpc) is 2.49. The van der Waals surface area contributed by atoms with E-state index in [0.29, 0.717) is 5.56 Å². The lowest BCUT2D eigenvalue weighted by molar-refractivity contribution is -0.150. The Bertz CT molecular complexity index is 599. The highest BCUT2D eigenvalue weighted by molar-refractivity contribution is 5.80. The Morgan fingerprint density at radius 1 is 1.20 bits per heavy atom. The minimum absolute atomic E-state index is 0.0938. The monoisotopic (exact) mass is 359 g/mol. The molecule has 0 spiro atoms. The van der Waals surface area contributed by atoms with E-state index >= 15 is 0 Å². The van der Waals surface area contributed by atoms with E-state index < -0.39 is 18.5 Å². The summed E-state index contributed by atoms with van der Waals surface area (Å²) >= 11 is 0. The van der Waals surface area contributed by atoms with Gasteiger partial charge in [0.2, 0.25) is 0 Å². The highest BCUT2D eigenvalue weighted by Gasteiger charge is 2.18. The van der Waals surface area contributed by atoms with Crippen LogP contribution in [0.4, 0.5) is 8.78 Å². The molecule has 1 amide bonds. The number of hydrogen-bond acceptors (Lipinski definition) is 5. The molecule has 0 aliphatic rings. The largest absolute Gasteiger partial charge is 0.493 e. The summed E-state index contributed by atoms with van der Waals surface area (Å²) in [4.78, 5) is 23.3. The van der Waals surface area contributed by atoms with Gasteiger partial charge in [-0.15, -0.1) is 0 Å². The second-order valence-corrected chi connectivity index (χ2v) is 6.54. The van der Waals surface area contributed by atoms with Crippen LogP contribution in [0.1, 0.15) is 32.8 Å². The third kappa shape index (κ3) is 8.32. The smallest absolute Gasteiger partial charge is 0.387 e. The number of hydrogen-bond donors (Lipinski definition) is 1. The Hall–Kier alpha value is -2.38. The molecule has 0 unspecified atom stereocenters. The number of amides is 1. The van der Waals surface area contributed by atoms with Crippen LogP contribution >= 0.6 is 0 Å². The van der Waals surface area contributed by atoms with Crippen molar-refractivity contribution >= 4 is 11.9 Å². The number of carbonyl (C=O) groups excluding carboxylic acids is 2. The molecule has 0 saturated carbocycles. The Balaban J connectivity index is 2.49. The number of nitrogens with one attached hydrogen (secondary N) is 1. The van der Waals surface area contributed by atoms with Crippen LogP contribution in [0, 0.1) is 5.41 Å². The number of esters is 1. The number of alkyl halides is 2. The first-order valence-electron chi connectivity index (χ1n) is 7.65. The van der Waals surface area contributed by atoms with E-state index in [2.05, 4.69) is 10.1 Å². The molecular formula is C17H23F2NO5. The number of rotatable bonds is 8. The van der Waals surface area contributed by atoms with Crippen LogP contribution in [-0.2, 0) is 20.9 Å². The molecule has 1 aromatic rings. The molecule has 0 fully saturated rings. The van der Waals surface area contributed by atoms with Gasteiger partial charge >= 0.3 is 12.6 Å². The average molecular weight is 359 g/mol. The topological polar surface area (TPSA) is 73.9 Å². The third-order valence-electron chi connectivity index (χ3n) is 2.97. The molecule has 25 heavy (non-hydrogen) atoms. The number of benzene rings is 1. The van der Waals surface area contributed by atoms with Gasteiger partial charge in [0.25, 0.3) is 5.91 Å². The van der Waals surface area contributed by atoms with Gasteiger partial charge in [-0.3, -0.25) is 9.59 Å². The number of carbonyl (C=O) groups is 2. The van der Waals surface area contributed by atoms with E-state index in [9.17, 15) is 18.4 Å². The van der Waals surface area contributed by atoms with Gasteiger partial charge in [0.1, 0.15) is 0 Å². The van der Waals surface area contributed by atoms with E-state index in [-0.39, 0.29) is 36.5 Å². The molecule has 1 aromatic carbocycles. The van der Waals surface area contributed by atoms with E-state index in [4.69, 9.17) is 9.47 Å². The number of methoxy groups -OCH3 is 1. The van der Waals surface area contributed by atoms with Crippen LogP contribution in [0.15, 0.2) is 18.2 Å². The second-order valence-electron chi connectivity index (χ2n) is 6.54. The fraction of sp³-hybridized carbons (Fsp3) is 0.529. The van der Waals surface area contributed by atoms with Gasteiger partial charge in [-0.05, 0) is 23.1 Å². The van der Waals surface area contributed by atoms with Gasteiger partial charge in [0, 0.05) is 6.54 Å². The van der Waals surface area contributed by atoms with Crippen molar-refractivity contribution in [2.45, 2.75) is 40.3 Å². The van der Waals surface area contributed by atoms with Crippen molar-refractivity contribution in [2.75, 3.05) is 13.7 Å². The van der Waals surface area contributed by atoms with Crippen LogP contribution in [-0.4, -0.2) is 32.2 Å². The Labute approximate surface area is 145 Å². The van der Waals surface area contributed by atoms with Gasteiger partial charge in [-0.2, -0.15) is 8.78 Å². The van der Waals surface area contributed by atoms with Gasteiger partial charge < -0.3 is 19.5 Å². The SMILES string of the molecule is COc1cc(CNC(=O)COC(=O)CC(C)(C)C)ccc1OC(F)F. The first kappa shape index (κ1) is 20.7.